The summed E-state index contributed by atoms with van der Waals surface area (Å²) >= 11 is 0. The van der Waals surface area contributed by atoms with Crippen LogP contribution in [0.3, 0.4) is 0 Å². The number of hydrogen-bond donors (Lipinski definition) is 1. The van der Waals surface area contributed by atoms with Gasteiger partial charge in [-0.1, -0.05) is 49.4 Å². The van der Waals surface area contributed by atoms with Crippen LogP contribution >= 0.6 is 0 Å². The lowest BCUT2D eigenvalue weighted by molar-refractivity contribution is 0.145. The Morgan fingerprint density at radius 2 is 1.90 bits per heavy atom. The SMILES string of the molecule is CCc1ccc(C(O)CC2CCOc3ccccc32)cc1. The van der Waals surface area contributed by atoms with Crippen molar-refractivity contribution in [1.29, 1.82) is 0 Å². The van der Waals surface area contributed by atoms with Crippen LogP contribution < -0.4 is 4.74 Å². The van der Waals surface area contributed by atoms with Crippen molar-refractivity contribution in [3.63, 3.8) is 0 Å². The van der Waals surface area contributed by atoms with Gasteiger partial charge in [0.05, 0.1) is 12.7 Å². The van der Waals surface area contributed by atoms with Gasteiger partial charge in [0.2, 0.25) is 0 Å². The van der Waals surface area contributed by atoms with E-state index in [-0.39, 0.29) is 0 Å². The molecule has 2 unspecified atom stereocenters. The van der Waals surface area contributed by atoms with Gasteiger partial charge in [-0.2, -0.15) is 0 Å². The van der Waals surface area contributed by atoms with E-state index in [2.05, 4.69) is 37.3 Å². The zero-order valence-electron chi connectivity index (χ0n) is 12.5. The fourth-order valence-electron chi connectivity index (χ4n) is 3.04. The van der Waals surface area contributed by atoms with E-state index >= 15 is 0 Å². The highest BCUT2D eigenvalue weighted by molar-refractivity contribution is 5.38. The third-order valence-electron chi connectivity index (χ3n) is 4.36. The first-order chi connectivity index (χ1) is 10.3. The van der Waals surface area contributed by atoms with Crippen LogP contribution in [-0.4, -0.2) is 11.7 Å². The summed E-state index contributed by atoms with van der Waals surface area (Å²) < 4.78 is 5.69. The average molecular weight is 282 g/mol. The Balaban J connectivity index is 1.74. The molecule has 2 nitrogen and oxygen atoms in total. The number of rotatable bonds is 4. The van der Waals surface area contributed by atoms with Crippen molar-refractivity contribution in [1.82, 2.24) is 0 Å². The molecule has 1 N–H and O–H groups in total. The summed E-state index contributed by atoms with van der Waals surface area (Å²) in [6, 6.07) is 16.5. The van der Waals surface area contributed by atoms with Gasteiger partial charge in [-0.15, -0.1) is 0 Å². The molecule has 0 radical (unpaired) electrons. The number of aliphatic hydroxyl groups excluding tert-OH is 1. The lowest BCUT2D eigenvalue weighted by Crippen LogP contribution is -2.16. The Morgan fingerprint density at radius 1 is 1.14 bits per heavy atom. The molecule has 2 aromatic carbocycles. The molecule has 21 heavy (non-hydrogen) atoms. The van der Waals surface area contributed by atoms with Crippen LogP contribution in [-0.2, 0) is 6.42 Å². The molecule has 0 saturated heterocycles. The van der Waals surface area contributed by atoms with E-state index in [1.54, 1.807) is 0 Å². The number of hydrogen-bond acceptors (Lipinski definition) is 2. The number of benzene rings is 2. The molecule has 2 heteroatoms. The Hall–Kier alpha value is -1.80. The van der Waals surface area contributed by atoms with Crippen LogP contribution in [0.1, 0.15) is 48.5 Å². The topological polar surface area (TPSA) is 29.5 Å². The summed E-state index contributed by atoms with van der Waals surface area (Å²) in [5.74, 6) is 1.35. The molecule has 2 aromatic rings. The van der Waals surface area contributed by atoms with E-state index in [9.17, 15) is 5.11 Å². The lowest BCUT2D eigenvalue weighted by Gasteiger charge is -2.27. The van der Waals surface area contributed by atoms with Gasteiger partial charge in [0, 0.05) is 0 Å². The zero-order valence-corrected chi connectivity index (χ0v) is 12.5. The standard InChI is InChI=1S/C19H22O2/c1-2-14-7-9-15(10-8-14)18(20)13-16-11-12-21-19-6-4-3-5-17(16)19/h3-10,16,18,20H,2,11-13H2,1H3. The smallest absolute Gasteiger partial charge is 0.122 e. The van der Waals surface area contributed by atoms with Crippen LogP contribution in [0.2, 0.25) is 0 Å². The highest BCUT2D eigenvalue weighted by atomic mass is 16.5. The maximum atomic E-state index is 10.5. The molecule has 1 aliphatic rings. The minimum atomic E-state index is -0.410. The average Bonchev–Trinajstić information content (AvgIpc) is 2.55. The second kappa shape index (κ2) is 6.31. The Kier molecular flexibility index (Phi) is 4.26. The predicted molar refractivity (Wildman–Crippen MR) is 84.7 cm³/mol. The fraction of sp³-hybridized carbons (Fsp3) is 0.368. The molecule has 0 saturated carbocycles. The van der Waals surface area contributed by atoms with E-state index in [4.69, 9.17) is 4.74 Å². The van der Waals surface area contributed by atoms with E-state index in [0.29, 0.717) is 5.92 Å². The largest absolute Gasteiger partial charge is 0.493 e. The number of aryl methyl sites for hydroxylation is 1. The van der Waals surface area contributed by atoms with E-state index in [0.717, 1.165) is 37.2 Å². The third kappa shape index (κ3) is 3.11. The van der Waals surface area contributed by atoms with E-state index < -0.39 is 6.10 Å². The zero-order chi connectivity index (χ0) is 14.7. The quantitative estimate of drug-likeness (QED) is 0.909. The molecule has 0 amide bonds. The van der Waals surface area contributed by atoms with Crippen LogP contribution in [0.25, 0.3) is 0 Å². The van der Waals surface area contributed by atoms with Gasteiger partial charge in [-0.05, 0) is 47.9 Å². The Labute approximate surface area is 126 Å². The fourth-order valence-corrected chi connectivity index (χ4v) is 3.04. The highest BCUT2D eigenvalue weighted by Gasteiger charge is 2.24. The van der Waals surface area contributed by atoms with Crippen molar-refractivity contribution < 1.29 is 9.84 Å². The molecule has 0 fully saturated rings. The second-order valence-corrected chi connectivity index (χ2v) is 5.72. The molecular weight excluding hydrogens is 260 g/mol. The van der Waals surface area contributed by atoms with E-state index in [1.807, 2.05) is 18.2 Å². The first-order valence-corrected chi connectivity index (χ1v) is 7.76. The number of aliphatic hydroxyl groups is 1. The molecule has 0 aliphatic carbocycles. The van der Waals surface area contributed by atoms with Gasteiger partial charge in [-0.25, -0.2) is 0 Å². The molecule has 1 heterocycles. The first kappa shape index (κ1) is 14.2. The molecular formula is C19H22O2. The normalized spacial score (nSPS) is 18.7. The van der Waals surface area contributed by atoms with Crippen LogP contribution in [0.4, 0.5) is 0 Å². The van der Waals surface area contributed by atoms with Crippen molar-refractivity contribution in [3.05, 3.63) is 65.2 Å². The van der Waals surface area contributed by atoms with Gasteiger partial charge in [0.25, 0.3) is 0 Å². The summed E-state index contributed by atoms with van der Waals surface area (Å²) in [5, 5.41) is 10.5. The minimum Gasteiger partial charge on any atom is -0.493 e. The molecule has 0 bridgehead atoms. The Morgan fingerprint density at radius 3 is 2.67 bits per heavy atom. The minimum absolute atomic E-state index is 0.371. The first-order valence-electron chi connectivity index (χ1n) is 7.76. The molecule has 1 aliphatic heterocycles. The van der Waals surface area contributed by atoms with Crippen molar-refractivity contribution in [2.45, 2.75) is 38.2 Å². The summed E-state index contributed by atoms with van der Waals surface area (Å²) in [6.45, 7) is 2.88. The highest BCUT2D eigenvalue weighted by Crippen LogP contribution is 2.38. The Bertz CT molecular complexity index is 589. The van der Waals surface area contributed by atoms with E-state index in [1.165, 1.54) is 11.1 Å². The van der Waals surface area contributed by atoms with Gasteiger partial charge >= 0.3 is 0 Å². The maximum Gasteiger partial charge on any atom is 0.122 e. The van der Waals surface area contributed by atoms with Crippen molar-refractivity contribution in [2.24, 2.45) is 0 Å². The molecule has 2 atom stereocenters. The lowest BCUT2D eigenvalue weighted by atomic mass is 9.86. The van der Waals surface area contributed by atoms with Crippen molar-refractivity contribution in [3.8, 4) is 5.75 Å². The van der Waals surface area contributed by atoms with Gasteiger partial charge in [0.1, 0.15) is 5.75 Å². The number of fused-ring (bicyclic) bond motifs is 1. The summed E-state index contributed by atoms with van der Waals surface area (Å²) in [7, 11) is 0. The van der Waals surface area contributed by atoms with Crippen LogP contribution in [0.15, 0.2) is 48.5 Å². The maximum absolute atomic E-state index is 10.5. The number of para-hydroxylation sites is 1. The third-order valence-corrected chi connectivity index (χ3v) is 4.36. The summed E-state index contributed by atoms with van der Waals surface area (Å²) in [6.07, 6.45) is 2.35. The molecule has 0 aromatic heterocycles. The van der Waals surface area contributed by atoms with Crippen LogP contribution in [0.5, 0.6) is 5.75 Å². The van der Waals surface area contributed by atoms with Crippen molar-refractivity contribution >= 4 is 0 Å². The number of ether oxygens (including phenoxy) is 1. The summed E-state index contributed by atoms with van der Waals surface area (Å²) in [5.41, 5.74) is 3.55. The van der Waals surface area contributed by atoms with Crippen LogP contribution in [0, 0.1) is 0 Å². The second-order valence-electron chi connectivity index (χ2n) is 5.72. The molecule has 0 spiro atoms. The van der Waals surface area contributed by atoms with Gasteiger partial charge in [0.15, 0.2) is 0 Å². The van der Waals surface area contributed by atoms with Gasteiger partial charge in [-0.3, -0.25) is 0 Å². The van der Waals surface area contributed by atoms with Gasteiger partial charge < -0.3 is 9.84 Å². The molecule has 110 valence electrons. The monoisotopic (exact) mass is 282 g/mol. The molecule has 3 rings (SSSR count). The van der Waals surface area contributed by atoms with Crippen molar-refractivity contribution in [2.75, 3.05) is 6.61 Å². The summed E-state index contributed by atoms with van der Waals surface area (Å²) in [4.78, 5) is 0. The predicted octanol–water partition coefficient (Wildman–Crippen LogP) is 4.24.